The fourth-order valence-corrected chi connectivity index (χ4v) is 3.70. The van der Waals surface area contributed by atoms with Crippen molar-refractivity contribution in [1.29, 1.82) is 0 Å². The van der Waals surface area contributed by atoms with E-state index in [0.29, 0.717) is 5.41 Å². The first-order valence-corrected chi connectivity index (χ1v) is 7.18. The minimum atomic E-state index is 0.698. The van der Waals surface area contributed by atoms with Crippen molar-refractivity contribution in [2.24, 2.45) is 23.2 Å². The average Bonchev–Trinajstić information content (AvgIpc) is 2.95. The molecule has 0 aromatic heterocycles. The van der Waals surface area contributed by atoms with Crippen LogP contribution in [0.25, 0.3) is 0 Å². The zero-order valence-electron chi connectivity index (χ0n) is 11.8. The number of likely N-dealkylation sites (tertiary alicyclic amines) is 1. The van der Waals surface area contributed by atoms with Crippen molar-refractivity contribution in [2.75, 3.05) is 13.1 Å². The van der Waals surface area contributed by atoms with E-state index in [9.17, 15) is 0 Å². The van der Waals surface area contributed by atoms with Crippen molar-refractivity contribution >= 4 is 0 Å². The van der Waals surface area contributed by atoms with Gasteiger partial charge in [-0.2, -0.15) is 0 Å². The molecule has 1 saturated heterocycles. The molecule has 3 unspecified atom stereocenters. The maximum absolute atomic E-state index is 2.74. The van der Waals surface area contributed by atoms with Crippen LogP contribution in [-0.4, -0.2) is 24.0 Å². The fraction of sp³-hybridized carbons (Fsp3) is 1.00. The summed E-state index contributed by atoms with van der Waals surface area (Å²) in [5.41, 5.74) is 0.698. The van der Waals surface area contributed by atoms with E-state index in [1.165, 1.54) is 32.4 Å². The predicted octanol–water partition coefficient (Wildman–Crippen LogP) is 3.79. The van der Waals surface area contributed by atoms with Crippen molar-refractivity contribution in [1.82, 2.24) is 4.90 Å². The van der Waals surface area contributed by atoms with Crippen LogP contribution in [0.2, 0.25) is 0 Å². The van der Waals surface area contributed by atoms with Gasteiger partial charge in [0, 0.05) is 19.1 Å². The number of hydrogen-bond donors (Lipinski definition) is 0. The van der Waals surface area contributed by atoms with Crippen molar-refractivity contribution in [3.63, 3.8) is 0 Å². The summed E-state index contributed by atoms with van der Waals surface area (Å²) in [4.78, 5) is 2.74. The van der Waals surface area contributed by atoms with Gasteiger partial charge in [0.1, 0.15) is 0 Å². The van der Waals surface area contributed by atoms with Crippen LogP contribution in [0.5, 0.6) is 0 Å². The Balaban J connectivity index is 2.12. The van der Waals surface area contributed by atoms with Crippen LogP contribution >= 0.6 is 0 Å². The second-order valence-electron chi connectivity index (χ2n) is 6.99. The molecular formula is C15H29N. The third kappa shape index (κ3) is 2.30. The fourth-order valence-electron chi connectivity index (χ4n) is 3.70. The molecule has 1 heterocycles. The van der Waals surface area contributed by atoms with E-state index in [-0.39, 0.29) is 0 Å². The first kappa shape index (κ1) is 12.4. The Kier molecular flexibility index (Phi) is 3.36. The summed E-state index contributed by atoms with van der Waals surface area (Å²) in [6.45, 7) is 14.8. The SMILES string of the molecule is CC1CC(C)C(C)C2(CC2)CN(C(C)C)C1. The van der Waals surface area contributed by atoms with E-state index >= 15 is 0 Å². The van der Waals surface area contributed by atoms with Gasteiger partial charge in [-0.25, -0.2) is 0 Å². The number of hydrogen-bond acceptors (Lipinski definition) is 1. The van der Waals surface area contributed by atoms with Gasteiger partial charge >= 0.3 is 0 Å². The quantitative estimate of drug-likeness (QED) is 0.654. The van der Waals surface area contributed by atoms with Crippen molar-refractivity contribution in [2.45, 2.75) is 59.9 Å². The normalized spacial score (nSPS) is 39.8. The van der Waals surface area contributed by atoms with Gasteiger partial charge in [0.05, 0.1) is 0 Å². The van der Waals surface area contributed by atoms with Crippen LogP contribution in [-0.2, 0) is 0 Å². The van der Waals surface area contributed by atoms with Crippen LogP contribution in [0.15, 0.2) is 0 Å². The lowest BCUT2D eigenvalue weighted by Gasteiger charge is -2.41. The first-order chi connectivity index (χ1) is 7.44. The lowest BCUT2D eigenvalue weighted by Crippen LogP contribution is -2.44. The summed E-state index contributed by atoms with van der Waals surface area (Å²) in [6, 6.07) is 0.723. The topological polar surface area (TPSA) is 3.24 Å². The smallest absolute Gasteiger partial charge is 0.00435 e. The summed E-state index contributed by atoms with van der Waals surface area (Å²) in [7, 11) is 0. The van der Waals surface area contributed by atoms with Gasteiger partial charge in [0.25, 0.3) is 0 Å². The number of rotatable bonds is 1. The molecule has 1 heteroatoms. The summed E-state index contributed by atoms with van der Waals surface area (Å²) in [6.07, 6.45) is 4.39. The molecule has 1 aliphatic heterocycles. The van der Waals surface area contributed by atoms with Gasteiger partial charge in [0.15, 0.2) is 0 Å². The first-order valence-electron chi connectivity index (χ1n) is 7.18. The monoisotopic (exact) mass is 223 g/mol. The summed E-state index contributed by atoms with van der Waals surface area (Å²) in [5.74, 6) is 2.72. The summed E-state index contributed by atoms with van der Waals surface area (Å²) in [5, 5.41) is 0. The van der Waals surface area contributed by atoms with E-state index in [1.807, 2.05) is 0 Å². The maximum Gasteiger partial charge on any atom is 0.00435 e. The third-order valence-corrected chi connectivity index (χ3v) is 5.28. The molecule has 1 spiro atoms. The Bertz CT molecular complexity index is 242. The molecule has 2 rings (SSSR count). The molecule has 0 bridgehead atoms. The van der Waals surface area contributed by atoms with Gasteiger partial charge in [-0.1, -0.05) is 20.8 Å². The molecule has 3 atom stereocenters. The highest BCUT2D eigenvalue weighted by Crippen LogP contribution is 2.56. The lowest BCUT2D eigenvalue weighted by atomic mass is 9.75. The highest BCUT2D eigenvalue weighted by atomic mass is 15.2. The molecule has 0 N–H and O–H groups in total. The van der Waals surface area contributed by atoms with Gasteiger partial charge < -0.3 is 4.90 Å². The Morgan fingerprint density at radius 2 is 1.75 bits per heavy atom. The van der Waals surface area contributed by atoms with E-state index in [2.05, 4.69) is 39.5 Å². The van der Waals surface area contributed by atoms with Crippen molar-refractivity contribution in [3.8, 4) is 0 Å². The van der Waals surface area contributed by atoms with Crippen LogP contribution in [0.3, 0.4) is 0 Å². The molecule has 0 radical (unpaired) electrons. The molecule has 1 aliphatic carbocycles. The molecule has 16 heavy (non-hydrogen) atoms. The summed E-state index contributed by atoms with van der Waals surface area (Å²) < 4.78 is 0. The second kappa shape index (κ2) is 4.33. The Morgan fingerprint density at radius 1 is 1.12 bits per heavy atom. The van der Waals surface area contributed by atoms with E-state index < -0.39 is 0 Å². The molecular weight excluding hydrogens is 194 g/mol. The van der Waals surface area contributed by atoms with Crippen LogP contribution in [0.1, 0.15) is 53.9 Å². The Morgan fingerprint density at radius 3 is 2.25 bits per heavy atom. The van der Waals surface area contributed by atoms with E-state index in [1.54, 1.807) is 0 Å². The molecule has 0 aromatic rings. The molecule has 0 amide bonds. The second-order valence-corrected chi connectivity index (χ2v) is 6.99. The molecule has 1 saturated carbocycles. The Hall–Kier alpha value is -0.0400. The highest BCUT2D eigenvalue weighted by molar-refractivity contribution is 5.02. The molecule has 0 aromatic carbocycles. The van der Waals surface area contributed by atoms with Crippen molar-refractivity contribution < 1.29 is 0 Å². The van der Waals surface area contributed by atoms with Gasteiger partial charge in [-0.05, 0) is 56.3 Å². The van der Waals surface area contributed by atoms with Crippen molar-refractivity contribution in [3.05, 3.63) is 0 Å². The lowest BCUT2D eigenvalue weighted by molar-refractivity contribution is 0.0725. The minimum Gasteiger partial charge on any atom is -0.300 e. The van der Waals surface area contributed by atoms with Gasteiger partial charge in [0.2, 0.25) is 0 Å². The maximum atomic E-state index is 2.74. The van der Waals surface area contributed by atoms with Crippen LogP contribution in [0.4, 0.5) is 0 Å². The molecule has 2 fully saturated rings. The van der Waals surface area contributed by atoms with Crippen LogP contribution in [0, 0.1) is 23.2 Å². The number of nitrogens with zero attached hydrogens (tertiary/aromatic N) is 1. The minimum absolute atomic E-state index is 0.698. The Labute approximate surface area is 102 Å². The van der Waals surface area contributed by atoms with Crippen LogP contribution < -0.4 is 0 Å². The summed E-state index contributed by atoms with van der Waals surface area (Å²) >= 11 is 0. The average molecular weight is 223 g/mol. The zero-order valence-corrected chi connectivity index (χ0v) is 11.8. The predicted molar refractivity (Wildman–Crippen MR) is 70.5 cm³/mol. The molecule has 1 nitrogen and oxygen atoms in total. The van der Waals surface area contributed by atoms with Gasteiger partial charge in [-0.3, -0.25) is 0 Å². The zero-order chi connectivity index (χ0) is 11.9. The highest BCUT2D eigenvalue weighted by Gasteiger charge is 2.50. The molecule has 94 valence electrons. The third-order valence-electron chi connectivity index (χ3n) is 5.28. The standard InChI is InChI=1S/C15H29N/c1-11(2)16-9-12(3)8-13(4)14(5)15(10-16)6-7-15/h11-14H,6-10H2,1-5H3. The molecule has 2 aliphatic rings. The van der Waals surface area contributed by atoms with E-state index in [0.717, 1.165) is 23.8 Å². The van der Waals surface area contributed by atoms with Gasteiger partial charge in [-0.15, -0.1) is 0 Å². The van der Waals surface area contributed by atoms with E-state index in [4.69, 9.17) is 0 Å². The largest absolute Gasteiger partial charge is 0.300 e.